The second-order valence-electron chi connectivity index (χ2n) is 11.1. The van der Waals surface area contributed by atoms with E-state index >= 15 is 0 Å². The van der Waals surface area contributed by atoms with Crippen LogP contribution in [0.2, 0.25) is 0 Å². The summed E-state index contributed by atoms with van der Waals surface area (Å²) < 4.78 is 5.42. The van der Waals surface area contributed by atoms with E-state index in [1.165, 1.54) is 25.3 Å². The molecule has 1 aliphatic heterocycles. The fourth-order valence-electron chi connectivity index (χ4n) is 6.57. The van der Waals surface area contributed by atoms with Crippen LogP contribution in [-0.4, -0.2) is 42.1 Å². The van der Waals surface area contributed by atoms with Crippen molar-refractivity contribution in [1.29, 1.82) is 0 Å². The molecular formula is C27H42N4O4. The summed E-state index contributed by atoms with van der Waals surface area (Å²) >= 11 is 0. The van der Waals surface area contributed by atoms with Gasteiger partial charge in [0.05, 0.1) is 0 Å². The number of aliphatic imine (C=N–C) groups is 1. The lowest BCUT2D eigenvalue weighted by atomic mass is 9.53. The molecule has 194 valence electrons. The molecule has 4 saturated carbocycles. The predicted molar refractivity (Wildman–Crippen MR) is 135 cm³/mol. The van der Waals surface area contributed by atoms with Crippen molar-refractivity contribution in [3.8, 4) is 0 Å². The molecule has 0 aromatic rings. The number of carbonyl (C=O) groups is 2. The van der Waals surface area contributed by atoms with Gasteiger partial charge in [-0.3, -0.25) is 9.59 Å². The third-order valence-corrected chi connectivity index (χ3v) is 7.89. The number of ether oxygens (including phenoxy) is 1. The van der Waals surface area contributed by atoms with Crippen LogP contribution in [-0.2, 0) is 19.2 Å². The summed E-state index contributed by atoms with van der Waals surface area (Å²) in [6.45, 7) is 6.44. The second kappa shape index (κ2) is 11.7. The molecule has 5 rings (SSSR count). The highest BCUT2D eigenvalue weighted by molar-refractivity contribution is 5.90. The Hall–Kier alpha value is -2.19. The number of hydroxylamine groups is 1. The molecule has 0 spiro atoms. The molecule has 2 amide bonds. The van der Waals surface area contributed by atoms with Crippen LogP contribution in [0, 0.1) is 17.8 Å². The van der Waals surface area contributed by atoms with Gasteiger partial charge in [-0.25, -0.2) is 15.3 Å². The van der Waals surface area contributed by atoms with Gasteiger partial charge in [0.1, 0.15) is 11.9 Å². The van der Waals surface area contributed by atoms with Crippen molar-refractivity contribution in [2.75, 3.05) is 6.61 Å². The SMILES string of the molecule is CC\C(=N/C=C(C)/C=C/C(=O)NOC1CCCCO1)N[C@H](C)C(=O)NC12CC3CC(CC(C3)C1)C2. The molecule has 4 aliphatic carbocycles. The first-order valence-electron chi connectivity index (χ1n) is 13.4. The number of hydrogen-bond acceptors (Lipinski definition) is 5. The van der Waals surface area contributed by atoms with E-state index in [4.69, 9.17) is 9.57 Å². The Kier molecular flexibility index (Phi) is 8.65. The molecule has 1 unspecified atom stereocenters. The van der Waals surface area contributed by atoms with E-state index in [0.29, 0.717) is 13.0 Å². The lowest BCUT2D eigenvalue weighted by Gasteiger charge is -2.57. The van der Waals surface area contributed by atoms with Gasteiger partial charge in [-0.2, -0.15) is 0 Å². The highest BCUT2D eigenvalue weighted by Gasteiger charge is 2.51. The van der Waals surface area contributed by atoms with Gasteiger partial charge in [0, 0.05) is 37.3 Å². The number of nitrogens with one attached hydrogen (secondary N) is 3. The lowest BCUT2D eigenvalue weighted by molar-refractivity contribution is -0.198. The van der Waals surface area contributed by atoms with Crippen LogP contribution in [0.25, 0.3) is 0 Å². The zero-order chi connectivity index (χ0) is 24.8. The van der Waals surface area contributed by atoms with E-state index in [9.17, 15) is 9.59 Å². The summed E-state index contributed by atoms with van der Waals surface area (Å²) in [5.41, 5.74) is 3.23. The smallest absolute Gasteiger partial charge is 0.267 e. The van der Waals surface area contributed by atoms with Gasteiger partial charge in [-0.15, -0.1) is 0 Å². The number of nitrogens with zero attached hydrogens (tertiary/aromatic N) is 1. The molecule has 0 aromatic carbocycles. The predicted octanol–water partition coefficient (Wildman–Crippen LogP) is 3.89. The maximum absolute atomic E-state index is 13.1. The summed E-state index contributed by atoms with van der Waals surface area (Å²) in [5, 5.41) is 6.72. The van der Waals surface area contributed by atoms with Crippen LogP contribution in [0.1, 0.15) is 85.0 Å². The van der Waals surface area contributed by atoms with Crippen molar-refractivity contribution in [1.82, 2.24) is 16.1 Å². The van der Waals surface area contributed by atoms with E-state index in [1.807, 2.05) is 20.8 Å². The van der Waals surface area contributed by atoms with Crippen LogP contribution in [0.4, 0.5) is 0 Å². The Labute approximate surface area is 209 Å². The molecule has 0 aromatic heterocycles. The molecule has 2 atom stereocenters. The maximum Gasteiger partial charge on any atom is 0.267 e. The fraction of sp³-hybridized carbons (Fsp3) is 0.741. The van der Waals surface area contributed by atoms with E-state index in [0.717, 1.165) is 67.7 Å². The summed E-state index contributed by atoms with van der Waals surface area (Å²) in [5.74, 6) is 2.86. The molecule has 1 heterocycles. The summed E-state index contributed by atoms with van der Waals surface area (Å²) in [7, 11) is 0. The van der Waals surface area contributed by atoms with Gasteiger partial charge in [0.25, 0.3) is 5.91 Å². The zero-order valence-electron chi connectivity index (χ0n) is 21.5. The summed E-state index contributed by atoms with van der Waals surface area (Å²) in [6, 6.07) is -0.351. The lowest BCUT2D eigenvalue weighted by Crippen LogP contribution is -2.62. The molecular weight excluding hydrogens is 444 g/mol. The highest BCUT2D eigenvalue weighted by Crippen LogP contribution is 2.55. The first-order valence-corrected chi connectivity index (χ1v) is 13.4. The summed E-state index contributed by atoms with van der Waals surface area (Å²) in [6.07, 6.45) is 15.5. The van der Waals surface area contributed by atoms with Crippen LogP contribution in [0.15, 0.2) is 28.9 Å². The van der Waals surface area contributed by atoms with E-state index in [1.54, 1.807) is 12.3 Å². The number of amidine groups is 1. The minimum absolute atomic E-state index is 0.0139. The van der Waals surface area contributed by atoms with E-state index < -0.39 is 0 Å². The summed E-state index contributed by atoms with van der Waals surface area (Å²) in [4.78, 5) is 34.8. The van der Waals surface area contributed by atoms with E-state index in [2.05, 4.69) is 21.1 Å². The number of carbonyl (C=O) groups excluding carboxylic acids is 2. The Morgan fingerprint density at radius 2 is 1.80 bits per heavy atom. The number of allylic oxidation sites excluding steroid dienone is 2. The largest absolute Gasteiger partial charge is 0.362 e. The average Bonchev–Trinajstić information content (AvgIpc) is 2.83. The Balaban J connectivity index is 1.24. The highest BCUT2D eigenvalue weighted by atomic mass is 16.8. The maximum atomic E-state index is 13.1. The molecule has 5 fully saturated rings. The minimum atomic E-state index is -0.373. The molecule has 5 aliphatic rings. The standard InChI is InChI=1S/C27H42N4O4/c1-4-23(28-17-18(2)8-9-24(32)31-35-25-7-5-6-10-34-25)29-19(3)26(33)30-27-14-20-11-21(15-27)13-22(12-20)16-27/h8-9,17,19-22,25H,4-7,10-16H2,1-3H3,(H,28,29)(H,30,33)(H,31,32)/b9-8+,18-17+/t19-,20?,21?,22?,25?,27?/m1/s1. The van der Waals surface area contributed by atoms with Crippen molar-refractivity contribution in [2.45, 2.75) is 103 Å². The molecule has 3 N–H and O–H groups in total. The fourth-order valence-corrected chi connectivity index (χ4v) is 6.57. The Morgan fingerprint density at radius 1 is 1.11 bits per heavy atom. The van der Waals surface area contributed by atoms with E-state index in [-0.39, 0.29) is 29.7 Å². The molecule has 4 bridgehead atoms. The third kappa shape index (κ3) is 7.17. The van der Waals surface area contributed by atoms with Crippen LogP contribution < -0.4 is 16.1 Å². The molecule has 0 radical (unpaired) electrons. The molecule has 8 heteroatoms. The van der Waals surface area contributed by atoms with Crippen LogP contribution >= 0.6 is 0 Å². The molecule has 1 saturated heterocycles. The monoisotopic (exact) mass is 486 g/mol. The minimum Gasteiger partial charge on any atom is -0.362 e. The van der Waals surface area contributed by atoms with Gasteiger partial charge in [-0.1, -0.05) is 13.0 Å². The third-order valence-electron chi connectivity index (χ3n) is 7.89. The average molecular weight is 487 g/mol. The van der Waals surface area contributed by atoms with Gasteiger partial charge in [0.15, 0.2) is 6.29 Å². The van der Waals surface area contributed by atoms with Crippen molar-refractivity contribution >= 4 is 17.6 Å². The van der Waals surface area contributed by atoms with Crippen LogP contribution in [0.3, 0.4) is 0 Å². The second-order valence-corrected chi connectivity index (χ2v) is 11.1. The number of rotatable bonds is 9. The number of hydrogen-bond donors (Lipinski definition) is 3. The number of amides is 2. The van der Waals surface area contributed by atoms with Crippen LogP contribution in [0.5, 0.6) is 0 Å². The van der Waals surface area contributed by atoms with Gasteiger partial charge in [-0.05, 0) is 88.5 Å². The van der Waals surface area contributed by atoms with Crippen molar-refractivity contribution < 1.29 is 19.2 Å². The van der Waals surface area contributed by atoms with Crippen molar-refractivity contribution in [2.24, 2.45) is 22.7 Å². The quantitative estimate of drug-likeness (QED) is 0.151. The van der Waals surface area contributed by atoms with Gasteiger partial charge >= 0.3 is 0 Å². The molecule has 35 heavy (non-hydrogen) atoms. The molecule has 8 nitrogen and oxygen atoms in total. The first kappa shape index (κ1) is 25.9. The van der Waals surface area contributed by atoms with Crippen molar-refractivity contribution in [3.63, 3.8) is 0 Å². The Morgan fingerprint density at radius 3 is 2.40 bits per heavy atom. The Bertz CT molecular complexity index is 824. The first-order chi connectivity index (χ1) is 16.8. The van der Waals surface area contributed by atoms with Crippen molar-refractivity contribution in [3.05, 3.63) is 23.9 Å². The normalized spacial score (nSPS) is 33.6. The van der Waals surface area contributed by atoms with Gasteiger partial charge in [0.2, 0.25) is 5.91 Å². The zero-order valence-corrected chi connectivity index (χ0v) is 21.5. The van der Waals surface area contributed by atoms with Gasteiger partial charge < -0.3 is 15.4 Å². The topological polar surface area (TPSA) is 101 Å².